The Morgan fingerprint density at radius 1 is 1.06 bits per heavy atom. The summed E-state index contributed by atoms with van der Waals surface area (Å²) in [4.78, 5) is 18.0. The van der Waals surface area contributed by atoms with Gasteiger partial charge >= 0.3 is 0 Å². The van der Waals surface area contributed by atoms with Crippen molar-refractivity contribution in [3.63, 3.8) is 0 Å². The van der Waals surface area contributed by atoms with E-state index in [1.807, 2.05) is 50.2 Å². The largest absolute Gasteiger partial charge is 0.491 e. The maximum absolute atomic E-state index is 13.3. The first-order valence-corrected chi connectivity index (χ1v) is 10.9. The van der Waals surface area contributed by atoms with Crippen LogP contribution in [0.5, 0.6) is 5.75 Å². The van der Waals surface area contributed by atoms with Crippen LogP contribution < -0.4 is 10.3 Å². The van der Waals surface area contributed by atoms with Gasteiger partial charge in [-0.1, -0.05) is 23.7 Å². The molecule has 0 aliphatic heterocycles. The molecule has 3 aromatic carbocycles. The van der Waals surface area contributed by atoms with E-state index in [4.69, 9.17) is 20.8 Å². The number of hydrogen-bond donors (Lipinski definition) is 0. The molecule has 0 amide bonds. The van der Waals surface area contributed by atoms with E-state index in [-0.39, 0.29) is 11.7 Å². The predicted octanol–water partition coefficient (Wildman–Crippen LogP) is 6.13. The van der Waals surface area contributed by atoms with Crippen molar-refractivity contribution in [1.82, 2.24) is 9.66 Å². The van der Waals surface area contributed by atoms with Gasteiger partial charge in [-0.15, -0.1) is 0 Å². The Labute approximate surface area is 194 Å². The van der Waals surface area contributed by atoms with Crippen LogP contribution in [0.15, 0.2) is 87.1 Å². The quantitative estimate of drug-likeness (QED) is 0.297. The second kappa shape index (κ2) is 8.56. The van der Waals surface area contributed by atoms with Crippen LogP contribution in [-0.2, 0) is 0 Å². The normalized spacial score (nSPS) is 11.8. The van der Waals surface area contributed by atoms with E-state index in [9.17, 15) is 4.79 Å². The SMILES string of the molecule is CC(C)Oc1ccc(C=Nn2c(-c3cc4cc(Cl)ccc4o3)nc3ccccc3c2=O)cc1. The summed E-state index contributed by atoms with van der Waals surface area (Å²) >= 11 is 6.12. The molecule has 33 heavy (non-hydrogen) atoms. The molecule has 2 aromatic heterocycles. The van der Waals surface area contributed by atoms with Crippen LogP contribution in [-0.4, -0.2) is 22.0 Å². The lowest BCUT2D eigenvalue weighted by Crippen LogP contribution is -2.20. The summed E-state index contributed by atoms with van der Waals surface area (Å²) in [6.45, 7) is 3.95. The lowest BCUT2D eigenvalue weighted by Gasteiger charge is -2.09. The zero-order valence-electron chi connectivity index (χ0n) is 18.0. The number of furan rings is 1. The average molecular weight is 458 g/mol. The third-order valence-corrected chi connectivity index (χ3v) is 5.26. The van der Waals surface area contributed by atoms with Gasteiger partial charge in [0, 0.05) is 10.4 Å². The number of rotatable bonds is 5. The Hall–Kier alpha value is -3.90. The summed E-state index contributed by atoms with van der Waals surface area (Å²) in [6, 6.07) is 21.8. The number of benzene rings is 3. The minimum Gasteiger partial charge on any atom is -0.491 e. The number of halogens is 1. The molecule has 0 radical (unpaired) electrons. The molecule has 6 nitrogen and oxygen atoms in total. The van der Waals surface area contributed by atoms with Crippen molar-refractivity contribution in [3.8, 4) is 17.3 Å². The maximum Gasteiger partial charge on any atom is 0.282 e. The number of nitrogens with zero attached hydrogens (tertiary/aromatic N) is 3. The van der Waals surface area contributed by atoms with Crippen LogP contribution in [0.1, 0.15) is 19.4 Å². The molecular formula is C26H20ClN3O3. The summed E-state index contributed by atoms with van der Waals surface area (Å²) in [5.74, 6) is 1.50. The first-order valence-electron chi connectivity index (χ1n) is 10.5. The molecule has 0 spiro atoms. The molecule has 164 valence electrons. The average Bonchev–Trinajstić information content (AvgIpc) is 3.22. The van der Waals surface area contributed by atoms with Gasteiger partial charge in [-0.2, -0.15) is 9.78 Å². The Morgan fingerprint density at radius 2 is 1.85 bits per heavy atom. The van der Waals surface area contributed by atoms with Crippen molar-refractivity contribution in [2.45, 2.75) is 20.0 Å². The van der Waals surface area contributed by atoms with E-state index in [1.54, 1.807) is 42.6 Å². The van der Waals surface area contributed by atoms with Gasteiger partial charge in [-0.3, -0.25) is 4.79 Å². The number of fused-ring (bicyclic) bond motifs is 2. The molecule has 5 rings (SSSR count). The van der Waals surface area contributed by atoms with E-state index in [2.05, 4.69) is 10.1 Å². The van der Waals surface area contributed by atoms with Gasteiger partial charge in [-0.05, 0) is 80.1 Å². The van der Waals surface area contributed by atoms with Crippen LogP contribution in [0, 0.1) is 0 Å². The lowest BCUT2D eigenvalue weighted by atomic mass is 10.2. The fourth-order valence-corrected chi connectivity index (χ4v) is 3.72. The maximum atomic E-state index is 13.3. The van der Waals surface area contributed by atoms with Crippen LogP contribution in [0.25, 0.3) is 33.5 Å². The van der Waals surface area contributed by atoms with Crippen molar-refractivity contribution in [2.24, 2.45) is 5.10 Å². The smallest absolute Gasteiger partial charge is 0.282 e. The molecular weight excluding hydrogens is 438 g/mol. The Morgan fingerprint density at radius 3 is 2.64 bits per heavy atom. The van der Waals surface area contributed by atoms with E-state index < -0.39 is 0 Å². The molecule has 0 aliphatic rings. The van der Waals surface area contributed by atoms with Crippen molar-refractivity contribution < 1.29 is 9.15 Å². The minimum atomic E-state index is -0.287. The van der Waals surface area contributed by atoms with E-state index in [0.29, 0.717) is 33.1 Å². The zero-order chi connectivity index (χ0) is 22.9. The van der Waals surface area contributed by atoms with Gasteiger partial charge < -0.3 is 9.15 Å². The van der Waals surface area contributed by atoms with Crippen LogP contribution in [0.4, 0.5) is 0 Å². The summed E-state index contributed by atoms with van der Waals surface area (Å²) < 4.78 is 12.9. The Balaban J connectivity index is 1.63. The Kier molecular flexibility index (Phi) is 5.44. The summed E-state index contributed by atoms with van der Waals surface area (Å²) in [6.07, 6.45) is 1.70. The monoisotopic (exact) mass is 457 g/mol. The van der Waals surface area contributed by atoms with Crippen molar-refractivity contribution >= 4 is 39.7 Å². The molecule has 0 saturated heterocycles. The highest BCUT2D eigenvalue weighted by Gasteiger charge is 2.16. The van der Waals surface area contributed by atoms with E-state index >= 15 is 0 Å². The molecule has 0 fully saturated rings. The molecule has 0 atom stereocenters. The standard InChI is InChI=1S/C26H20ClN3O3/c1-16(2)32-20-10-7-17(8-11-20)15-28-30-25(29-22-6-4-3-5-21(22)26(30)31)24-14-18-13-19(27)9-12-23(18)33-24/h3-16H,1-2H3. The number of para-hydroxylation sites is 1. The molecule has 0 N–H and O–H groups in total. The zero-order valence-corrected chi connectivity index (χ0v) is 18.8. The van der Waals surface area contributed by atoms with Crippen molar-refractivity contribution in [1.29, 1.82) is 0 Å². The first-order chi connectivity index (χ1) is 16.0. The minimum absolute atomic E-state index is 0.0908. The number of aromatic nitrogens is 2. The van der Waals surface area contributed by atoms with Gasteiger partial charge in [-0.25, -0.2) is 4.98 Å². The highest BCUT2D eigenvalue weighted by atomic mass is 35.5. The van der Waals surface area contributed by atoms with Gasteiger partial charge in [0.15, 0.2) is 5.76 Å². The van der Waals surface area contributed by atoms with Gasteiger partial charge in [0.2, 0.25) is 5.82 Å². The van der Waals surface area contributed by atoms with Crippen LogP contribution in [0.2, 0.25) is 5.02 Å². The van der Waals surface area contributed by atoms with Crippen molar-refractivity contribution in [2.75, 3.05) is 0 Å². The highest BCUT2D eigenvalue weighted by Crippen LogP contribution is 2.29. The summed E-state index contributed by atoms with van der Waals surface area (Å²) in [5.41, 5.74) is 1.74. The summed E-state index contributed by atoms with van der Waals surface area (Å²) in [7, 11) is 0. The van der Waals surface area contributed by atoms with Crippen molar-refractivity contribution in [3.05, 3.63) is 93.7 Å². The van der Waals surface area contributed by atoms with Gasteiger partial charge in [0.25, 0.3) is 5.56 Å². The molecule has 5 aromatic rings. The lowest BCUT2D eigenvalue weighted by molar-refractivity contribution is 0.242. The molecule has 0 unspecified atom stereocenters. The predicted molar refractivity (Wildman–Crippen MR) is 131 cm³/mol. The molecule has 7 heteroatoms. The Bertz CT molecular complexity index is 1550. The van der Waals surface area contributed by atoms with E-state index in [0.717, 1.165) is 16.7 Å². The molecule has 2 heterocycles. The van der Waals surface area contributed by atoms with Gasteiger partial charge in [0.05, 0.1) is 23.2 Å². The fraction of sp³-hybridized carbons (Fsp3) is 0.115. The third kappa shape index (κ3) is 4.25. The second-order valence-electron chi connectivity index (χ2n) is 7.84. The molecule has 0 aliphatic carbocycles. The summed E-state index contributed by atoms with van der Waals surface area (Å²) in [5, 5.41) is 6.36. The fourth-order valence-electron chi connectivity index (χ4n) is 3.54. The number of hydrogen-bond acceptors (Lipinski definition) is 5. The van der Waals surface area contributed by atoms with Crippen LogP contribution in [0.3, 0.4) is 0 Å². The number of ether oxygens (including phenoxy) is 1. The highest BCUT2D eigenvalue weighted by molar-refractivity contribution is 6.31. The topological polar surface area (TPSA) is 69.6 Å². The van der Waals surface area contributed by atoms with E-state index in [1.165, 1.54) is 4.68 Å². The van der Waals surface area contributed by atoms with Crippen LogP contribution >= 0.6 is 11.6 Å². The second-order valence-corrected chi connectivity index (χ2v) is 8.28. The molecule has 0 saturated carbocycles. The molecule has 0 bridgehead atoms. The third-order valence-electron chi connectivity index (χ3n) is 5.03. The first kappa shape index (κ1) is 21.0. The van der Waals surface area contributed by atoms with Gasteiger partial charge in [0.1, 0.15) is 11.3 Å².